The molecule has 2 nitrogen and oxygen atoms in total. The SMILES string of the molecule is [2H]C([2H])([2H])C([2H])([2H])C([2H])([2H])C([2H])([2H])C(=N)OCC. The van der Waals surface area contributed by atoms with E-state index in [2.05, 4.69) is 4.74 Å². The average Bonchev–Trinajstić information content (AvgIpc) is 2.15. The van der Waals surface area contributed by atoms with Crippen LogP contribution in [0.5, 0.6) is 0 Å². The number of hydrogen-bond acceptors (Lipinski definition) is 2. The van der Waals surface area contributed by atoms with Crippen molar-refractivity contribution in [3.05, 3.63) is 0 Å². The summed E-state index contributed by atoms with van der Waals surface area (Å²) in [5.74, 6) is -1.14. The minimum absolute atomic E-state index is 0.106. The maximum Gasteiger partial charge on any atom is 0.180 e. The first-order valence-electron chi connectivity index (χ1n) is 6.95. The van der Waals surface area contributed by atoms with Gasteiger partial charge in [-0.1, -0.05) is 13.2 Å². The van der Waals surface area contributed by atoms with Gasteiger partial charge in [-0.05, 0) is 13.3 Å². The smallest absolute Gasteiger partial charge is 0.180 e. The third-order valence-electron chi connectivity index (χ3n) is 0.527. The second kappa shape index (κ2) is 5.60. The first-order valence-corrected chi connectivity index (χ1v) is 2.45. The number of ether oxygens (including phenoxy) is 1. The fraction of sp³-hybridized carbons (Fsp3) is 0.857. The fourth-order valence-corrected chi connectivity index (χ4v) is 0.268. The van der Waals surface area contributed by atoms with Crippen LogP contribution < -0.4 is 0 Å². The zero-order valence-electron chi connectivity index (χ0n) is 14.1. The van der Waals surface area contributed by atoms with E-state index in [4.69, 9.17) is 17.7 Å². The molecule has 0 aliphatic carbocycles. The molecule has 0 bridgehead atoms. The predicted octanol–water partition coefficient (Wildman–Crippen LogP) is 2.19. The molecule has 0 aliphatic heterocycles. The highest BCUT2D eigenvalue weighted by Gasteiger charge is 1.92. The van der Waals surface area contributed by atoms with Crippen LogP contribution in [0.4, 0.5) is 0 Å². The van der Waals surface area contributed by atoms with Crippen LogP contribution in [0.1, 0.15) is 45.2 Å². The molecule has 0 saturated heterocycles. The molecule has 0 atom stereocenters. The van der Waals surface area contributed by atoms with Crippen molar-refractivity contribution in [2.24, 2.45) is 0 Å². The lowest BCUT2D eigenvalue weighted by molar-refractivity contribution is 0.313. The van der Waals surface area contributed by atoms with Crippen molar-refractivity contribution in [2.75, 3.05) is 6.61 Å². The van der Waals surface area contributed by atoms with E-state index in [1.165, 1.54) is 6.92 Å². The molecule has 0 aromatic rings. The molecule has 0 unspecified atom stereocenters. The minimum Gasteiger partial charge on any atom is -0.481 e. The quantitative estimate of drug-likeness (QED) is 0.469. The van der Waals surface area contributed by atoms with Gasteiger partial charge in [0.1, 0.15) is 0 Å². The fourth-order valence-electron chi connectivity index (χ4n) is 0.268. The van der Waals surface area contributed by atoms with Crippen molar-refractivity contribution >= 4 is 5.90 Å². The zero-order chi connectivity index (χ0) is 15.0. The Hall–Kier alpha value is -0.530. The highest BCUT2D eigenvalue weighted by molar-refractivity contribution is 5.72. The zero-order valence-corrected chi connectivity index (χ0v) is 5.12. The van der Waals surface area contributed by atoms with Gasteiger partial charge in [0.15, 0.2) is 5.90 Å². The summed E-state index contributed by atoms with van der Waals surface area (Å²) in [7, 11) is 0. The third-order valence-corrected chi connectivity index (χ3v) is 0.527. The number of nitrogens with one attached hydrogen (secondary N) is 1. The molecule has 1 N–H and O–H groups in total. The Morgan fingerprint density at radius 3 is 3.22 bits per heavy atom. The molecule has 0 heterocycles. The Balaban J connectivity index is 5.57. The number of rotatable bonds is 4. The standard InChI is InChI=1S/C7H15NO/c1-3-5-6-7(8)9-4-2/h8H,3-6H2,1-2H3/i1D3,3D2,5D2,6D2. The lowest BCUT2D eigenvalue weighted by Crippen LogP contribution is -2.01. The van der Waals surface area contributed by atoms with Crippen LogP contribution in [0, 0.1) is 5.41 Å². The van der Waals surface area contributed by atoms with Crippen LogP contribution in [-0.4, -0.2) is 12.5 Å². The molecular weight excluding hydrogens is 114 g/mol. The van der Waals surface area contributed by atoms with Gasteiger partial charge in [0, 0.05) is 18.7 Å². The van der Waals surface area contributed by atoms with E-state index in [0.29, 0.717) is 0 Å². The van der Waals surface area contributed by atoms with Crippen molar-refractivity contribution in [3.8, 4) is 0 Å². The van der Waals surface area contributed by atoms with E-state index >= 15 is 0 Å². The van der Waals surface area contributed by atoms with Crippen LogP contribution in [0.25, 0.3) is 0 Å². The van der Waals surface area contributed by atoms with Crippen molar-refractivity contribution in [1.29, 1.82) is 5.41 Å². The van der Waals surface area contributed by atoms with Crippen molar-refractivity contribution in [1.82, 2.24) is 0 Å². The lowest BCUT2D eigenvalue weighted by Gasteiger charge is -2.01. The normalized spacial score (nSPS) is 30.1. The largest absolute Gasteiger partial charge is 0.481 e. The van der Waals surface area contributed by atoms with Gasteiger partial charge in [0.05, 0.1) is 6.61 Å². The highest BCUT2D eigenvalue weighted by atomic mass is 16.5. The van der Waals surface area contributed by atoms with Gasteiger partial charge in [-0.3, -0.25) is 5.41 Å². The Bertz CT molecular complexity index is 321. The Morgan fingerprint density at radius 1 is 1.89 bits per heavy atom. The molecule has 0 aromatic carbocycles. The van der Waals surface area contributed by atoms with Gasteiger partial charge in [0.2, 0.25) is 0 Å². The maximum atomic E-state index is 7.43. The second-order valence-electron chi connectivity index (χ2n) is 1.14. The predicted molar refractivity (Wildman–Crippen MR) is 38.9 cm³/mol. The van der Waals surface area contributed by atoms with Crippen molar-refractivity contribution in [3.63, 3.8) is 0 Å². The van der Waals surface area contributed by atoms with Crippen LogP contribution in [-0.2, 0) is 4.74 Å². The summed E-state index contributed by atoms with van der Waals surface area (Å²) in [4.78, 5) is 0. The first-order chi connectivity index (χ1) is 7.73. The van der Waals surface area contributed by atoms with E-state index < -0.39 is 31.9 Å². The molecule has 0 radical (unpaired) electrons. The summed E-state index contributed by atoms with van der Waals surface area (Å²) < 4.78 is 69.7. The maximum absolute atomic E-state index is 7.43. The third kappa shape index (κ3) is 5.34. The Labute approximate surface area is 69.4 Å². The first kappa shape index (κ1) is 1.74. The summed E-state index contributed by atoms with van der Waals surface area (Å²) in [6, 6.07) is 0. The van der Waals surface area contributed by atoms with Gasteiger partial charge in [-0.25, -0.2) is 0 Å². The molecule has 54 valence electrons. The molecule has 0 aromatic heterocycles. The minimum atomic E-state index is -3.47. The number of hydrogen-bond donors (Lipinski definition) is 1. The van der Waals surface area contributed by atoms with Gasteiger partial charge in [0.25, 0.3) is 0 Å². The van der Waals surface area contributed by atoms with Gasteiger partial charge < -0.3 is 4.74 Å². The molecule has 0 fully saturated rings. The van der Waals surface area contributed by atoms with Gasteiger partial charge in [-0.2, -0.15) is 0 Å². The molecular formula is C7H15NO. The van der Waals surface area contributed by atoms with E-state index in [-0.39, 0.29) is 6.61 Å². The Morgan fingerprint density at radius 2 is 2.67 bits per heavy atom. The molecule has 0 amide bonds. The van der Waals surface area contributed by atoms with Crippen LogP contribution in [0.2, 0.25) is 0 Å². The average molecular weight is 138 g/mol. The van der Waals surface area contributed by atoms with Crippen LogP contribution >= 0.6 is 0 Å². The lowest BCUT2D eigenvalue weighted by atomic mass is 10.2. The van der Waals surface area contributed by atoms with Crippen LogP contribution in [0.3, 0.4) is 0 Å². The highest BCUT2D eigenvalue weighted by Crippen LogP contribution is 1.95. The second-order valence-corrected chi connectivity index (χ2v) is 1.14. The summed E-state index contributed by atoms with van der Waals surface area (Å²) in [5, 5.41) is 7.24. The van der Waals surface area contributed by atoms with E-state index in [1.807, 2.05) is 0 Å². The molecule has 0 saturated carbocycles. The topological polar surface area (TPSA) is 33.1 Å². The van der Waals surface area contributed by atoms with Crippen molar-refractivity contribution in [2.45, 2.75) is 32.9 Å². The monoisotopic (exact) mass is 138 g/mol. The van der Waals surface area contributed by atoms with E-state index in [9.17, 15) is 0 Å². The summed E-state index contributed by atoms with van der Waals surface area (Å²) in [5.41, 5.74) is 0. The van der Waals surface area contributed by atoms with Crippen LogP contribution in [0.15, 0.2) is 0 Å². The molecule has 0 spiro atoms. The molecule has 0 aliphatic rings. The van der Waals surface area contributed by atoms with E-state index in [0.717, 1.165) is 0 Å². The molecule has 2 heteroatoms. The van der Waals surface area contributed by atoms with Gasteiger partial charge in [-0.15, -0.1) is 0 Å². The molecule has 9 heavy (non-hydrogen) atoms. The van der Waals surface area contributed by atoms with Gasteiger partial charge >= 0.3 is 0 Å². The summed E-state index contributed by atoms with van der Waals surface area (Å²) >= 11 is 0. The van der Waals surface area contributed by atoms with E-state index in [1.54, 1.807) is 0 Å². The molecule has 0 rings (SSSR count). The summed E-state index contributed by atoms with van der Waals surface area (Å²) in [6.45, 7) is -2.03. The van der Waals surface area contributed by atoms with Crippen molar-refractivity contribution < 1.29 is 17.1 Å². The summed E-state index contributed by atoms with van der Waals surface area (Å²) in [6.07, 6.45) is -10.1. The Kier molecular flexibility index (Phi) is 1.08.